The average Bonchev–Trinajstić information content (AvgIpc) is 3.46. The number of halogens is 1. The number of amides is 2. The van der Waals surface area contributed by atoms with E-state index in [1.807, 2.05) is 0 Å². The number of furan rings is 1. The van der Waals surface area contributed by atoms with Gasteiger partial charge in [0.1, 0.15) is 29.9 Å². The van der Waals surface area contributed by atoms with Gasteiger partial charge in [0.15, 0.2) is 5.76 Å². The van der Waals surface area contributed by atoms with Gasteiger partial charge in [0.25, 0.3) is 5.91 Å². The average molecular weight is 507 g/mol. The number of hydrogen-bond acceptors (Lipinski definition) is 7. The molecule has 0 aliphatic heterocycles. The first-order chi connectivity index (χ1) is 17.5. The van der Waals surface area contributed by atoms with Gasteiger partial charge in [-0.1, -0.05) is 24.3 Å². The van der Waals surface area contributed by atoms with E-state index in [2.05, 4.69) is 20.7 Å². The molecule has 2 N–H and O–H groups in total. The smallest absolute Gasteiger partial charge is 0.251 e. The molecule has 37 heavy (non-hydrogen) atoms. The number of phenolic OH excluding ortho intramolecular Hbond substituents is 1. The number of hydrogen-bond donors (Lipinski definition) is 2. The van der Waals surface area contributed by atoms with Gasteiger partial charge in [0, 0.05) is 5.54 Å². The molecule has 0 radical (unpaired) electrons. The minimum atomic E-state index is -1.26. The standard InChI is InChI=1S/C26H27FN6O4/c1-16-9-14-21(37-16)24-29-31-32(30-24)15-22(35)33(20-8-6-5-7-19(20)27)23(25(36)28-26(2,3)4)17-10-12-18(34)13-11-17/h5-14,23,34H,15H2,1-4H3,(H,28,36). The Kier molecular flexibility index (Phi) is 7.05. The van der Waals surface area contributed by atoms with Gasteiger partial charge in [-0.2, -0.15) is 4.80 Å². The molecule has 10 nitrogen and oxygen atoms in total. The number of nitrogens with zero attached hydrogens (tertiary/aromatic N) is 5. The van der Waals surface area contributed by atoms with Crippen molar-refractivity contribution in [2.75, 3.05) is 4.90 Å². The molecule has 192 valence electrons. The maximum Gasteiger partial charge on any atom is 0.251 e. The minimum Gasteiger partial charge on any atom is -0.508 e. The number of benzene rings is 2. The summed E-state index contributed by atoms with van der Waals surface area (Å²) in [7, 11) is 0. The van der Waals surface area contributed by atoms with Gasteiger partial charge in [0.2, 0.25) is 11.7 Å². The third kappa shape index (κ3) is 6.00. The molecular weight excluding hydrogens is 479 g/mol. The first-order valence-electron chi connectivity index (χ1n) is 11.5. The largest absolute Gasteiger partial charge is 0.508 e. The van der Waals surface area contributed by atoms with Crippen LogP contribution in [0, 0.1) is 12.7 Å². The van der Waals surface area contributed by atoms with E-state index in [-0.39, 0.29) is 17.3 Å². The van der Waals surface area contributed by atoms with Crippen LogP contribution in [0.2, 0.25) is 0 Å². The quantitative estimate of drug-likeness (QED) is 0.391. The molecule has 2 heterocycles. The molecule has 0 aliphatic carbocycles. The van der Waals surface area contributed by atoms with Crippen molar-refractivity contribution in [3.05, 3.63) is 77.8 Å². The van der Waals surface area contributed by atoms with Gasteiger partial charge in [-0.3, -0.25) is 14.5 Å². The van der Waals surface area contributed by atoms with Crippen LogP contribution >= 0.6 is 0 Å². The number of carbonyl (C=O) groups excluding carboxylic acids is 2. The Morgan fingerprint density at radius 3 is 2.43 bits per heavy atom. The number of tetrazole rings is 1. The van der Waals surface area contributed by atoms with Crippen LogP contribution in [-0.2, 0) is 16.1 Å². The Bertz CT molecular complexity index is 1410. The molecule has 0 aliphatic rings. The summed E-state index contributed by atoms with van der Waals surface area (Å²) in [6.07, 6.45) is 0. The first kappa shape index (κ1) is 25.5. The van der Waals surface area contributed by atoms with E-state index in [9.17, 15) is 14.7 Å². The molecule has 11 heteroatoms. The lowest BCUT2D eigenvalue weighted by atomic mass is 10.0. The van der Waals surface area contributed by atoms with E-state index in [1.165, 1.54) is 42.5 Å². The van der Waals surface area contributed by atoms with Crippen molar-refractivity contribution in [1.29, 1.82) is 0 Å². The van der Waals surface area contributed by atoms with Crippen LogP contribution in [0.4, 0.5) is 10.1 Å². The van der Waals surface area contributed by atoms with Crippen LogP contribution in [0.1, 0.15) is 38.1 Å². The van der Waals surface area contributed by atoms with E-state index >= 15 is 4.39 Å². The molecule has 0 bridgehead atoms. The van der Waals surface area contributed by atoms with E-state index < -0.39 is 35.8 Å². The highest BCUT2D eigenvalue weighted by Gasteiger charge is 2.36. The summed E-state index contributed by atoms with van der Waals surface area (Å²) in [6.45, 7) is 6.73. The number of anilines is 1. The predicted molar refractivity (Wildman–Crippen MR) is 133 cm³/mol. The second-order valence-corrected chi connectivity index (χ2v) is 9.50. The summed E-state index contributed by atoms with van der Waals surface area (Å²) in [5.41, 5.74) is -0.370. The number of rotatable bonds is 7. The molecule has 2 aromatic heterocycles. The van der Waals surface area contributed by atoms with E-state index in [0.29, 0.717) is 17.1 Å². The Morgan fingerprint density at radius 1 is 1.11 bits per heavy atom. The topological polar surface area (TPSA) is 126 Å². The van der Waals surface area contributed by atoms with Crippen molar-refractivity contribution in [3.8, 4) is 17.3 Å². The zero-order chi connectivity index (χ0) is 26.7. The zero-order valence-corrected chi connectivity index (χ0v) is 20.8. The molecule has 0 saturated heterocycles. The van der Waals surface area contributed by atoms with Gasteiger partial charge in [-0.25, -0.2) is 4.39 Å². The maximum absolute atomic E-state index is 15.1. The normalized spacial score (nSPS) is 12.2. The number of phenols is 1. The summed E-state index contributed by atoms with van der Waals surface area (Å²) in [5, 5.41) is 24.7. The number of aromatic nitrogens is 4. The van der Waals surface area contributed by atoms with Crippen LogP contribution in [0.25, 0.3) is 11.6 Å². The fourth-order valence-corrected chi connectivity index (χ4v) is 3.74. The third-order valence-corrected chi connectivity index (χ3v) is 5.28. The summed E-state index contributed by atoms with van der Waals surface area (Å²) in [6, 6.07) is 13.7. The highest BCUT2D eigenvalue weighted by atomic mass is 19.1. The molecule has 4 rings (SSSR count). The van der Waals surface area contributed by atoms with Crippen molar-refractivity contribution in [2.24, 2.45) is 0 Å². The molecule has 0 saturated carbocycles. The molecule has 0 spiro atoms. The van der Waals surface area contributed by atoms with Crippen LogP contribution < -0.4 is 10.2 Å². The summed E-state index contributed by atoms with van der Waals surface area (Å²) in [5.74, 6) is -0.682. The lowest BCUT2D eigenvalue weighted by molar-refractivity contribution is -0.128. The van der Waals surface area contributed by atoms with Crippen LogP contribution in [0.5, 0.6) is 5.75 Å². The van der Waals surface area contributed by atoms with Crippen molar-refractivity contribution < 1.29 is 23.5 Å². The number of carbonyl (C=O) groups is 2. The van der Waals surface area contributed by atoms with E-state index in [4.69, 9.17) is 4.42 Å². The number of nitrogens with one attached hydrogen (secondary N) is 1. The van der Waals surface area contributed by atoms with Gasteiger partial charge in [0.05, 0.1) is 5.69 Å². The number of para-hydroxylation sites is 1. The fraction of sp³-hybridized carbons (Fsp3) is 0.269. The van der Waals surface area contributed by atoms with Gasteiger partial charge in [-0.15, -0.1) is 10.2 Å². The van der Waals surface area contributed by atoms with Crippen molar-refractivity contribution in [2.45, 2.75) is 45.8 Å². The highest BCUT2D eigenvalue weighted by Crippen LogP contribution is 2.31. The monoisotopic (exact) mass is 506 g/mol. The Balaban J connectivity index is 1.76. The minimum absolute atomic E-state index is 0.0185. The SMILES string of the molecule is Cc1ccc(-c2nnn(CC(=O)N(c3ccccc3F)C(C(=O)NC(C)(C)C)c3ccc(O)cc3)n2)o1. The Hall–Kier alpha value is -4.54. The first-order valence-corrected chi connectivity index (χ1v) is 11.5. The highest BCUT2D eigenvalue weighted by molar-refractivity contribution is 6.01. The predicted octanol–water partition coefficient (Wildman–Crippen LogP) is 3.78. The second kappa shape index (κ2) is 10.2. The van der Waals surface area contributed by atoms with Gasteiger partial charge in [-0.05, 0) is 74.9 Å². The van der Waals surface area contributed by atoms with Gasteiger partial charge >= 0.3 is 0 Å². The zero-order valence-electron chi connectivity index (χ0n) is 20.8. The Morgan fingerprint density at radius 2 is 1.81 bits per heavy atom. The van der Waals surface area contributed by atoms with Crippen molar-refractivity contribution >= 4 is 17.5 Å². The lowest BCUT2D eigenvalue weighted by Crippen LogP contribution is -2.50. The number of aryl methyl sites for hydroxylation is 1. The molecule has 2 aromatic carbocycles. The summed E-state index contributed by atoms with van der Waals surface area (Å²) < 4.78 is 20.6. The van der Waals surface area contributed by atoms with Crippen LogP contribution in [-0.4, -0.2) is 42.7 Å². The lowest BCUT2D eigenvalue weighted by Gasteiger charge is -2.33. The summed E-state index contributed by atoms with van der Waals surface area (Å²) in [4.78, 5) is 29.4. The van der Waals surface area contributed by atoms with Crippen molar-refractivity contribution in [1.82, 2.24) is 25.5 Å². The maximum atomic E-state index is 15.1. The van der Waals surface area contributed by atoms with E-state index in [0.717, 1.165) is 9.70 Å². The second-order valence-electron chi connectivity index (χ2n) is 9.50. The van der Waals surface area contributed by atoms with Crippen LogP contribution in [0.3, 0.4) is 0 Å². The number of aromatic hydroxyl groups is 1. The Labute approximate surface area is 212 Å². The molecule has 1 atom stereocenters. The van der Waals surface area contributed by atoms with E-state index in [1.54, 1.807) is 45.9 Å². The molecule has 0 fully saturated rings. The molecule has 4 aromatic rings. The molecular formula is C26H27FN6O4. The van der Waals surface area contributed by atoms with Gasteiger partial charge < -0.3 is 14.8 Å². The third-order valence-electron chi connectivity index (χ3n) is 5.28. The molecule has 2 amide bonds. The fourth-order valence-electron chi connectivity index (χ4n) is 3.74. The molecule has 1 unspecified atom stereocenters. The van der Waals surface area contributed by atoms with Crippen LogP contribution in [0.15, 0.2) is 65.1 Å². The summed E-state index contributed by atoms with van der Waals surface area (Å²) >= 11 is 0. The van der Waals surface area contributed by atoms with Crippen molar-refractivity contribution in [3.63, 3.8) is 0 Å².